The highest BCUT2D eigenvalue weighted by Crippen LogP contribution is 2.48. The fourth-order valence-corrected chi connectivity index (χ4v) is 3.97. The topological polar surface area (TPSA) is 12.0 Å². The molecule has 1 heterocycles. The van der Waals surface area contributed by atoms with Crippen LogP contribution in [-0.2, 0) is 5.41 Å². The predicted octanol–water partition coefficient (Wildman–Crippen LogP) is 4.19. The summed E-state index contributed by atoms with van der Waals surface area (Å²) in [5, 5.41) is 3.78. The van der Waals surface area contributed by atoms with Gasteiger partial charge in [0.15, 0.2) is 0 Å². The van der Waals surface area contributed by atoms with E-state index in [4.69, 9.17) is 0 Å². The first-order valence-corrected chi connectivity index (χ1v) is 6.95. The number of anilines is 1. The summed E-state index contributed by atoms with van der Waals surface area (Å²) in [6.07, 6.45) is 4.11. The van der Waals surface area contributed by atoms with Crippen LogP contribution in [0.4, 0.5) is 5.69 Å². The lowest BCUT2D eigenvalue weighted by Gasteiger charge is -2.49. The van der Waals surface area contributed by atoms with Gasteiger partial charge in [-0.2, -0.15) is 0 Å². The van der Waals surface area contributed by atoms with Crippen molar-refractivity contribution in [2.45, 2.75) is 51.5 Å². The minimum atomic E-state index is 0.326. The Morgan fingerprint density at radius 2 is 1.94 bits per heavy atom. The lowest BCUT2D eigenvalue weighted by Crippen LogP contribution is -2.48. The molecule has 0 unspecified atom stereocenters. The summed E-state index contributed by atoms with van der Waals surface area (Å²) >= 11 is 0. The van der Waals surface area contributed by atoms with Gasteiger partial charge in [0.1, 0.15) is 0 Å². The first-order chi connectivity index (χ1) is 8.09. The highest BCUT2D eigenvalue weighted by Gasteiger charge is 2.44. The van der Waals surface area contributed by atoms with Gasteiger partial charge >= 0.3 is 0 Å². The molecule has 0 saturated heterocycles. The first kappa shape index (κ1) is 11.1. The van der Waals surface area contributed by atoms with Crippen LogP contribution in [0, 0.1) is 11.8 Å². The van der Waals surface area contributed by atoms with Crippen LogP contribution in [0.5, 0.6) is 0 Å². The van der Waals surface area contributed by atoms with Crippen LogP contribution in [0.1, 0.15) is 45.6 Å². The summed E-state index contributed by atoms with van der Waals surface area (Å²) < 4.78 is 0. The number of para-hydroxylation sites is 1. The maximum Gasteiger partial charge on any atom is 0.0380 e. The molecule has 0 bridgehead atoms. The van der Waals surface area contributed by atoms with Crippen LogP contribution in [0.15, 0.2) is 24.3 Å². The SMILES string of the molecule is C[C@@H]1CC[C@@H]2[C@H](C1)Nc1ccccc1C2(C)C. The van der Waals surface area contributed by atoms with E-state index < -0.39 is 0 Å². The van der Waals surface area contributed by atoms with Gasteiger partial charge in [-0.25, -0.2) is 0 Å². The molecule has 0 aromatic heterocycles. The van der Waals surface area contributed by atoms with Crippen LogP contribution in [0.2, 0.25) is 0 Å². The van der Waals surface area contributed by atoms with E-state index in [9.17, 15) is 0 Å². The van der Waals surface area contributed by atoms with E-state index in [2.05, 4.69) is 50.4 Å². The molecule has 0 amide bonds. The Bertz CT molecular complexity index is 421. The molecule has 1 heteroatoms. The van der Waals surface area contributed by atoms with Crippen LogP contribution < -0.4 is 5.32 Å². The molecule has 3 atom stereocenters. The lowest BCUT2D eigenvalue weighted by molar-refractivity contribution is 0.174. The van der Waals surface area contributed by atoms with Gasteiger partial charge in [-0.05, 0) is 41.7 Å². The van der Waals surface area contributed by atoms with Crippen molar-refractivity contribution in [1.82, 2.24) is 0 Å². The van der Waals surface area contributed by atoms with Gasteiger partial charge in [0.25, 0.3) is 0 Å². The van der Waals surface area contributed by atoms with Crippen molar-refractivity contribution in [1.29, 1.82) is 0 Å². The van der Waals surface area contributed by atoms with Crippen molar-refractivity contribution in [3.8, 4) is 0 Å². The fraction of sp³-hybridized carbons (Fsp3) is 0.625. The van der Waals surface area contributed by atoms with Crippen LogP contribution >= 0.6 is 0 Å². The van der Waals surface area contributed by atoms with E-state index >= 15 is 0 Å². The zero-order valence-corrected chi connectivity index (χ0v) is 11.2. The minimum Gasteiger partial charge on any atom is -0.382 e. The molecule has 1 N–H and O–H groups in total. The predicted molar refractivity (Wildman–Crippen MR) is 73.4 cm³/mol. The van der Waals surface area contributed by atoms with Crippen LogP contribution in [0.25, 0.3) is 0 Å². The van der Waals surface area contributed by atoms with Crippen molar-refractivity contribution in [3.63, 3.8) is 0 Å². The summed E-state index contributed by atoms with van der Waals surface area (Å²) in [6, 6.07) is 9.55. The molecule has 0 spiro atoms. The molecule has 1 aromatic carbocycles. The second-order valence-electron chi connectivity index (χ2n) is 6.54. The molecule has 1 aliphatic heterocycles. The van der Waals surface area contributed by atoms with Crippen molar-refractivity contribution >= 4 is 5.69 Å². The molecule has 1 aromatic rings. The molecule has 1 aliphatic carbocycles. The molecule has 17 heavy (non-hydrogen) atoms. The Labute approximate surface area is 105 Å². The van der Waals surface area contributed by atoms with Gasteiger partial charge in [0.05, 0.1) is 0 Å². The van der Waals surface area contributed by atoms with Crippen molar-refractivity contribution in [3.05, 3.63) is 29.8 Å². The molecule has 92 valence electrons. The fourth-order valence-electron chi connectivity index (χ4n) is 3.97. The van der Waals surface area contributed by atoms with Gasteiger partial charge in [0, 0.05) is 11.7 Å². The van der Waals surface area contributed by atoms with E-state index in [1.165, 1.54) is 30.5 Å². The van der Waals surface area contributed by atoms with Crippen LogP contribution in [0.3, 0.4) is 0 Å². The number of nitrogens with one attached hydrogen (secondary N) is 1. The molecule has 1 fully saturated rings. The van der Waals surface area contributed by atoms with Crippen molar-refractivity contribution in [2.24, 2.45) is 11.8 Å². The monoisotopic (exact) mass is 229 g/mol. The van der Waals surface area contributed by atoms with Gasteiger partial charge in [0.2, 0.25) is 0 Å². The summed E-state index contributed by atoms with van der Waals surface area (Å²) in [5.41, 5.74) is 3.20. The second kappa shape index (κ2) is 3.76. The van der Waals surface area contributed by atoms with Crippen LogP contribution in [-0.4, -0.2) is 6.04 Å². The van der Waals surface area contributed by atoms with E-state index in [1.807, 2.05) is 0 Å². The minimum absolute atomic E-state index is 0.326. The maximum atomic E-state index is 3.78. The largest absolute Gasteiger partial charge is 0.382 e. The van der Waals surface area contributed by atoms with Gasteiger partial charge < -0.3 is 5.32 Å². The highest BCUT2D eigenvalue weighted by molar-refractivity contribution is 5.58. The first-order valence-electron chi connectivity index (χ1n) is 6.95. The van der Waals surface area contributed by atoms with E-state index in [0.29, 0.717) is 11.5 Å². The normalized spacial score (nSPS) is 34.4. The standard InChI is InChI=1S/C16H23N/c1-11-8-9-13-15(10-11)17-14-7-5-4-6-12(14)16(13,2)3/h4-7,11,13,15,17H,8-10H2,1-3H3/t11-,13-,15+/m1/s1. The zero-order chi connectivity index (χ0) is 12.0. The van der Waals surface area contributed by atoms with E-state index in [1.54, 1.807) is 0 Å². The quantitative estimate of drug-likeness (QED) is 0.703. The molecule has 1 nitrogen and oxygen atoms in total. The molecule has 3 rings (SSSR count). The lowest BCUT2D eigenvalue weighted by atomic mass is 9.61. The molecule has 0 radical (unpaired) electrons. The average molecular weight is 229 g/mol. The Balaban J connectivity index is 2.03. The summed E-state index contributed by atoms with van der Waals surface area (Å²) in [7, 11) is 0. The Hall–Kier alpha value is -0.980. The third kappa shape index (κ3) is 1.67. The maximum absolute atomic E-state index is 3.78. The smallest absolute Gasteiger partial charge is 0.0380 e. The number of hydrogen-bond acceptors (Lipinski definition) is 1. The highest BCUT2D eigenvalue weighted by atomic mass is 15.0. The summed E-state index contributed by atoms with van der Waals surface area (Å²) in [4.78, 5) is 0. The number of rotatable bonds is 0. The van der Waals surface area contributed by atoms with E-state index in [-0.39, 0.29) is 0 Å². The third-order valence-corrected chi connectivity index (χ3v) is 5.00. The van der Waals surface area contributed by atoms with Crippen molar-refractivity contribution < 1.29 is 0 Å². The number of hydrogen-bond donors (Lipinski definition) is 1. The number of benzene rings is 1. The molecule has 1 saturated carbocycles. The third-order valence-electron chi connectivity index (χ3n) is 5.00. The van der Waals surface area contributed by atoms with Crippen molar-refractivity contribution in [2.75, 3.05) is 5.32 Å². The number of fused-ring (bicyclic) bond motifs is 2. The van der Waals surface area contributed by atoms with Gasteiger partial charge in [-0.3, -0.25) is 0 Å². The Kier molecular flexibility index (Phi) is 2.46. The second-order valence-corrected chi connectivity index (χ2v) is 6.54. The average Bonchev–Trinajstić information content (AvgIpc) is 2.28. The molecular formula is C16H23N. The van der Waals surface area contributed by atoms with E-state index in [0.717, 1.165) is 11.8 Å². The zero-order valence-electron chi connectivity index (χ0n) is 11.2. The van der Waals surface area contributed by atoms with Gasteiger partial charge in [-0.15, -0.1) is 0 Å². The Morgan fingerprint density at radius 1 is 1.18 bits per heavy atom. The summed E-state index contributed by atoms with van der Waals surface area (Å²) in [6.45, 7) is 7.26. The summed E-state index contributed by atoms with van der Waals surface area (Å²) in [5.74, 6) is 1.68. The molecular weight excluding hydrogens is 206 g/mol. The van der Waals surface area contributed by atoms with Gasteiger partial charge in [-0.1, -0.05) is 45.4 Å². The molecule has 2 aliphatic rings. The Morgan fingerprint density at radius 3 is 2.76 bits per heavy atom.